The number of aliphatic hydroxyl groups is 2. The van der Waals surface area contributed by atoms with Crippen LogP contribution in [-0.2, 0) is 21.4 Å². The van der Waals surface area contributed by atoms with E-state index in [1.54, 1.807) is 19.1 Å². The Balaban J connectivity index is 2.43. The number of benzene rings is 1. The molecule has 0 radical (unpaired) electrons. The molecule has 110 valence electrons. The molecule has 7 nitrogen and oxygen atoms in total. The lowest BCUT2D eigenvalue weighted by molar-refractivity contribution is 0.105. The van der Waals surface area contributed by atoms with Gasteiger partial charge in [0.05, 0.1) is 30.1 Å². The number of nitrogens with one attached hydrogen (secondary N) is 1. The van der Waals surface area contributed by atoms with E-state index in [0.717, 1.165) is 11.4 Å². The lowest BCUT2D eigenvalue weighted by Crippen LogP contribution is -2.53. The standard InChI is InChI=1S/C11H15N3O4S2/c1-2-11(6-15,7-16)14-20(17,18)9-5-3-4-8-10(9)13-19-12-8/h3-5,14-16H,2,6-7H2,1H3. The molecule has 0 amide bonds. The van der Waals surface area contributed by atoms with Crippen molar-refractivity contribution in [2.45, 2.75) is 23.8 Å². The summed E-state index contributed by atoms with van der Waals surface area (Å²) in [5, 5.41) is 18.7. The van der Waals surface area contributed by atoms with Gasteiger partial charge in [0.1, 0.15) is 16.3 Å². The molecule has 2 rings (SSSR count). The van der Waals surface area contributed by atoms with Crippen LogP contribution in [0, 0.1) is 0 Å². The Morgan fingerprint density at radius 2 is 2.00 bits per heavy atom. The van der Waals surface area contributed by atoms with Crippen molar-refractivity contribution in [1.29, 1.82) is 0 Å². The summed E-state index contributed by atoms with van der Waals surface area (Å²) in [6.45, 7) is 0.689. The highest BCUT2D eigenvalue weighted by atomic mass is 32.2. The summed E-state index contributed by atoms with van der Waals surface area (Å²) in [6.07, 6.45) is 0.254. The molecule has 0 aromatic heterocycles. The monoisotopic (exact) mass is 317 g/mol. The predicted octanol–water partition coefficient (Wildman–Crippen LogP) is 0.825. The first kappa shape index (κ1) is 15.3. The number of hydrogen-bond acceptors (Lipinski definition) is 6. The Bertz CT molecular complexity index is 669. The Morgan fingerprint density at radius 3 is 2.60 bits per heavy atom. The van der Waals surface area contributed by atoms with Crippen molar-refractivity contribution in [1.82, 2.24) is 4.72 Å². The van der Waals surface area contributed by atoms with Gasteiger partial charge >= 0.3 is 0 Å². The molecular formula is C11H15N3O4S2. The summed E-state index contributed by atoms with van der Waals surface area (Å²) in [6, 6.07) is 4.66. The molecule has 9 heteroatoms. The summed E-state index contributed by atoms with van der Waals surface area (Å²) in [5.41, 5.74) is -0.511. The quantitative estimate of drug-likeness (QED) is 0.732. The first-order chi connectivity index (χ1) is 9.48. The van der Waals surface area contributed by atoms with Crippen LogP contribution >= 0.6 is 0 Å². The second-order valence-corrected chi connectivity index (χ2v) is 6.62. The highest BCUT2D eigenvalue weighted by Crippen LogP contribution is 2.37. The van der Waals surface area contributed by atoms with Gasteiger partial charge in [-0.1, -0.05) is 13.0 Å². The molecule has 1 heterocycles. The minimum absolute atomic E-state index is 0.0107. The average Bonchev–Trinajstić information content (AvgIpc) is 2.93. The molecule has 0 unspecified atom stereocenters. The van der Waals surface area contributed by atoms with Crippen LogP contribution in [0.3, 0.4) is 0 Å². The lowest BCUT2D eigenvalue weighted by Gasteiger charge is -2.29. The van der Waals surface area contributed by atoms with Gasteiger partial charge in [0, 0.05) is 0 Å². The van der Waals surface area contributed by atoms with Gasteiger partial charge in [0.25, 0.3) is 0 Å². The summed E-state index contributed by atoms with van der Waals surface area (Å²) in [7, 11) is -3.92. The molecule has 1 aliphatic rings. The van der Waals surface area contributed by atoms with E-state index in [2.05, 4.69) is 13.4 Å². The zero-order valence-corrected chi connectivity index (χ0v) is 12.4. The predicted molar refractivity (Wildman–Crippen MR) is 75.5 cm³/mol. The third-order valence-corrected chi connectivity index (χ3v) is 5.32. The second-order valence-electron chi connectivity index (χ2n) is 4.44. The topological polar surface area (TPSA) is 111 Å². The first-order valence-corrected chi connectivity index (χ1v) is 8.16. The Hall–Kier alpha value is -1.13. The maximum atomic E-state index is 12.4. The first-order valence-electron chi connectivity index (χ1n) is 5.95. The molecule has 20 heavy (non-hydrogen) atoms. The van der Waals surface area contributed by atoms with Crippen molar-refractivity contribution < 1.29 is 18.6 Å². The van der Waals surface area contributed by atoms with Gasteiger partial charge in [-0.15, -0.1) is 0 Å². The van der Waals surface area contributed by atoms with Gasteiger partial charge in [-0.05, 0) is 18.6 Å². The Morgan fingerprint density at radius 1 is 1.30 bits per heavy atom. The molecule has 0 saturated heterocycles. The van der Waals surface area contributed by atoms with Crippen LogP contribution in [0.4, 0.5) is 11.4 Å². The third-order valence-electron chi connectivity index (χ3n) is 3.17. The maximum Gasteiger partial charge on any atom is 0.243 e. The normalized spacial score (nSPS) is 14.2. The van der Waals surface area contributed by atoms with E-state index in [9.17, 15) is 18.6 Å². The van der Waals surface area contributed by atoms with Crippen molar-refractivity contribution in [3.63, 3.8) is 0 Å². The largest absolute Gasteiger partial charge is 0.394 e. The fourth-order valence-corrected chi connectivity index (χ4v) is 3.97. The Labute approximate surface area is 120 Å². The zero-order chi connectivity index (χ0) is 14.8. The molecule has 0 saturated carbocycles. The van der Waals surface area contributed by atoms with E-state index in [4.69, 9.17) is 0 Å². The van der Waals surface area contributed by atoms with E-state index in [1.807, 2.05) is 0 Å². The second kappa shape index (κ2) is 5.70. The summed E-state index contributed by atoms with van der Waals surface area (Å²) < 4.78 is 35.2. The van der Waals surface area contributed by atoms with Gasteiger partial charge < -0.3 is 10.2 Å². The third kappa shape index (κ3) is 2.67. The SMILES string of the molecule is CCC(CO)(CO)NS(=O)(=O)c1cccc2c1N=S=N2. The number of rotatable bonds is 6. The van der Waals surface area contributed by atoms with E-state index in [1.165, 1.54) is 6.07 Å². The fourth-order valence-electron chi connectivity index (χ4n) is 1.75. The van der Waals surface area contributed by atoms with Crippen LogP contribution in [0.2, 0.25) is 0 Å². The molecule has 0 fully saturated rings. The number of aliphatic hydroxyl groups excluding tert-OH is 2. The number of nitrogens with zero attached hydrogens (tertiary/aromatic N) is 2. The van der Waals surface area contributed by atoms with Crippen molar-refractivity contribution in [2.24, 2.45) is 8.73 Å². The fraction of sp³-hybridized carbons (Fsp3) is 0.455. The average molecular weight is 317 g/mol. The van der Waals surface area contributed by atoms with E-state index in [-0.39, 0.29) is 17.0 Å². The molecule has 3 N–H and O–H groups in total. The van der Waals surface area contributed by atoms with E-state index >= 15 is 0 Å². The number of fused-ring (bicyclic) bond motifs is 1. The summed E-state index contributed by atoms with van der Waals surface area (Å²) in [5.74, 6) is 0. The molecule has 1 aromatic carbocycles. The van der Waals surface area contributed by atoms with Crippen LogP contribution in [0.1, 0.15) is 13.3 Å². The Kier molecular flexibility index (Phi) is 4.35. The van der Waals surface area contributed by atoms with Crippen molar-refractivity contribution >= 4 is 32.8 Å². The molecule has 0 atom stereocenters. The van der Waals surface area contributed by atoms with Crippen LogP contribution in [-0.4, -0.2) is 37.4 Å². The van der Waals surface area contributed by atoms with Gasteiger partial charge in [-0.3, -0.25) is 0 Å². The smallest absolute Gasteiger partial charge is 0.243 e. The van der Waals surface area contributed by atoms with E-state index < -0.39 is 28.8 Å². The zero-order valence-electron chi connectivity index (χ0n) is 10.8. The molecule has 0 spiro atoms. The van der Waals surface area contributed by atoms with Crippen LogP contribution in [0.5, 0.6) is 0 Å². The van der Waals surface area contributed by atoms with Gasteiger partial charge in [0.15, 0.2) is 0 Å². The van der Waals surface area contributed by atoms with Crippen molar-refractivity contribution in [2.75, 3.05) is 13.2 Å². The summed E-state index contributed by atoms with van der Waals surface area (Å²) >= 11 is 0.927. The highest BCUT2D eigenvalue weighted by Gasteiger charge is 2.34. The molecule has 1 aliphatic heterocycles. The van der Waals surface area contributed by atoms with Crippen molar-refractivity contribution in [3.8, 4) is 0 Å². The van der Waals surface area contributed by atoms with Crippen LogP contribution < -0.4 is 4.72 Å². The lowest BCUT2D eigenvalue weighted by atomic mass is 10.0. The maximum absolute atomic E-state index is 12.4. The van der Waals surface area contributed by atoms with Crippen molar-refractivity contribution in [3.05, 3.63) is 18.2 Å². The molecule has 0 aliphatic carbocycles. The molecule has 1 aromatic rings. The van der Waals surface area contributed by atoms with Gasteiger partial charge in [-0.2, -0.15) is 8.73 Å². The van der Waals surface area contributed by atoms with Gasteiger partial charge in [0.2, 0.25) is 10.0 Å². The molecular weight excluding hydrogens is 302 g/mol. The van der Waals surface area contributed by atoms with Crippen LogP contribution in [0.25, 0.3) is 0 Å². The minimum Gasteiger partial charge on any atom is -0.394 e. The van der Waals surface area contributed by atoms with Crippen LogP contribution in [0.15, 0.2) is 31.8 Å². The van der Waals surface area contributed by atoms with E-state index in [0.29, 0.717) is 5.69 Å². The molecule has 0 bridgehead atoms. The highest BCUT2D eigenvalue weighted by molar-refractivity contribution is 7.89. The minimum atomic E-state index is -3.92. The number of sulfonamides is 1. The number of hydrogen-bond donors (Lipinski definition) is 3. The summed E-state index contributed by atoms with van der Waals surface area (Å²) in [4.78, 5) is -0.0107. The van der Waals surface area contributed by atoms with Gasteiger partial charge in [-0.25, -0.2) is 13.1 Å².